The Morgan fingerprint density at radius 2 is 1.85 bits per heavy atom. The Morgan fingerprint density at radius 1 is 1.11 bits per heavy atom. The second kappa shape index (κ2) is 11.0. The summed E-state index contributed by atoms with van der Waals surface area (Å²) in [6.45, 7) is 2.94. The molecule has 0 unspecified atom stereocenters. The van der Waals surface area contributed by atoms with Gasteiger partial charge in [-0.15, -0.1) is 0 Å². The fraction of sp³-hybridized carbons (Fsp3) is 0.300. The van der Waals surface area contributed by atoms with Crippen molar-refractivity contribution in [2.24, 2.45) is 0 Å². The highest BCUT2D eigenvalue weighted by atomic mass is 35.5. The SMILES string of the molecule is CCSCc1ccc(C(=O)Nc2ccc(C(=O)NCCOC)c(Cl)c2)cc1. The summed E-state index contributed by atoms with van der Waals surface area (Å²) >= 11 is 8.02. The van der Waals surface area contributed by atoms with Crippen molar-refractivity contribution >= 4 is 40.9 Å². The van der Waals surface area contributed by atoms with E-state index in [1.807, 2.05) is 23.9 Å². The van der Waals surface area contributed by atoms with Crippen LogP contribution in [0.1, 0.15) is 33.2 Å². The maximum Gasteiger partial charge on any atom is 0.255 e. The fourth-order valence-electron chi connectivity index (χ4n) is 2.31. The lowest BCUT2D eigenvalue weighted by molar-refractivity contribution is 0.0937. The fourth-order valence-corrected chi connectivity index (χ4v) is 3.21. The van der Waals surface area contributed by atoms with Crippen molar-refractivity contribution in [2.75, 3.05) is 31.3 Å². The second-order valence-electron chi connectivity index (χ2n) is 5.73. The molecule has 0 bridgehead atoms. The summed E-state index contributed by atoms with van der Waals surface area (Å²) < 4.78 is 4.89. The van der Waals surface area contributed by atoms with E-state index in [0.29, 0.717) is 30.0 Å². The van der Waals surface area contributed by atoms with Gasteiger partial charge in [-0.05, 0) is 41.6 Å². The van der Waals surface area contributed by atoms with E-state index in [1.54, 1.807) is 37.4 Å². The summed E-state index contributed by atoms with van der Waals surface area (Å²) in [5.41, 5.74) is 2.63. The molecule has 2 aromatic rings. The van der Waals surface area contributed by atoms with Crippen LogP contribution in [0.3, 0.4) is 0 Å². The molecule has 0 aromatic heterocycles. The molecule has 0 radical (unpaired) electrons. The Morgan fingerprint density at radius 3 is 2.48 bits per heavy atom. The van der Waals surface area contributed by atoms with Crippen LogP contribution < -0.4 is 10.6 Å². The van der Waals surface area contributed by atoms with Gasteiger partial charge >= 0.3 is 0 Å². The largest absolute Gasteiger partial charge is 0.383 e. The van der Waals surface area contributed by atoms with E-state index in [1.165, 1.54) is 5.56 Å². The summed E-state index contributed by atoms with van der Waals surface area (Å²) in [5, 5.41) is 5.78. The Balaban J connectivity index is 1.99. The van der Waals surface area contributed by atoms with E-state index in [2.05, 4.69) is 17.6 Å². The molecular weight excluding hydrogens is 384 g/mol. The first-order chi connectivity index (χ1) is 13.0. The van der Waals surface area contributed by atoms with Gasteiger partial charge in [0.05, 0.1) is 17.2 Å². The molecule has 0 aliphatic rings. The van der Waals surface area contributed by atoms with Crippen molar-refractivity contribution in [3.63, 3.8) is 0 Å². The van der Waals surface area contributed by atoms with Crippen molar-refractivity contribution in [3.8, 4) is 0 Å². The van der Waals surface area contributed by atoms with Crippen molar-refractivity contribution in [1.29, 1.82) is 0 Å². The Labute approximate surface area is 168 Å². The quantitative estimate of drug-likeness (QED) is 0.612. The van der Waals surface area contributed by atoms with E-state index in [0.717, 1.165) is 11.5 Å². The molecule has 0 atom stereocenters. The molecule has 2 N–H and O–H groups in total. The lowest BCUT2D eigenvalue weighted by atomic mass is 10.1. The third-order valence-corrected chi connectivity index (χ3v) is 5.01. The van der Waals surface area contributed by atoms with Crippen molar-refractivity contribution in [2.45, 2.75) is 12.7 Å². The minimum absolute atomic E-state index is 0.224. The minimum atomic E-state index is -0.282. The average molecular weight is 407 g/mol. The van der Waals surface area contributed by atoms with Crippen molar-refractivity contribution < 1.29 is 14.3 Å². The average Bonchev–Trinajstić information content (AvgIpc) is 2.67. The number of ether oxygens (including phenoxy) is 1. The lowest BCUT2D eigenvalue weighted by Gasteiger charge is -2.10. The molecule has 7 heteroatoms. The maximum atomic E-state index is 12.4. The van der Waals surface area contributed by atoms with Gasteiger partial charge in [-0.3, -0.25) is 9.59 Å². The first kappa shape index (κ1) is 21.3. The number of amides is 2. The minimum Gasteiger partial charge on any atom is -0.383 e. The van der Waals surface area contributed by atoms with Crippen LogP contribution in [0.25, 0.3) is 0 Å². The topological polar surface area (TPSA) is 67.4 Å². The molecule has 0 aliphatic heterocycles. The zero-order valence-electron chi connectivity index (χ0n) is 15.4. The molecule has 0 spiro atoms. The molecule has 2 aromatic carbocycles. The first-order valence-electron chi connectivity index (χ1n) is 8.60. The highest BCUT2D eigenvalue weighted by Crippen LogP contribution is 2.22. The standard InChI is InChI=1S/C20H23ClN2O3S/c1-3-27-13-14-4-6-15(7-5-14)19(24)23-16-8-9-17(18(21)12-16)20(25)22-10-11-26-2/h4-9,12H,3,10-11,13H2,1-2H3,(H,22,25)(H,23,24). The van der Waals surface area contributed by atoms with Gasteiger partial charge in [-0.1, -0.05) is 30.7 Å². The number of thioether (sulfide) groups is 1. The number of hydrogen-bond acceptors (Lipinski definition) is 4. The van der Waals surface area contributed by atoms with E-state index in [9.17, 15) is 9.59 Å². The molecule has 0 aliphatic carbocycles. The number of nitrogens with one attached hydrogen (secondary N) is 2. The van der Waals surface area contributed by atoms with Gasteiger partial charge in [0, 0.05) is 30.7 Å². The lowest BCUT2D eigenvalue weighted by Crippen LogP contribution is -2.27. The molecule has 5 nitrogen and oxygen atoms in total. The maximum absolute atomic E-state index is 12.4. The number of hydrogen-bond donors (Lipinski definition) is 2. The Bertz CT molecular complexity index is 781. The van der Waals surface area contributed by atoms with Gasteiger partial charge in [-0.2, -0.15) is 11.8 Å². The Kier molecular flexibility index (Phi) is 8.64. The predicted octanol–water partition coefficient (Wildman–Crippen LogP) is 4.22. The molecule has 2 amide bonds. The van der Waals surface area contributed by atoms with Crippen LogP contribution in [0, 0.1) is 0 Å². The van der Waals surface area contributed by atoms with Crippen LogP contribution in [0.15, 0.2) is 42.5 Å². The van der Waals surface area contributed by atoms with Crippen LogP contribution in [0.4, 0.5) is 5.69 Å². The summed E-state index contributed by atoms with van der Waals surface area (Å²) in [6, 6.07) is 12.3. The van der Waals surface area contributed by atoms with Crippen LogP contribution in [-0.4, -0.2) is 37.8 Å². The smallest absolute Gasteiger partial charge is 0.255 e. The second-order valence-corrected chi connectivity index (χ2v) is 7.41. The summed E-state index contributed by atoms with van der Waals surface area (Å²) in [6.07, 6.45) is 0. The van der Waals surface area contributed by atoms with Gasteiger partial charge < -0.3 is 15.4 Å². The Hall–Kier alpha value is -2.02. The van der Waals surface area contributed by atoms with E-state index in [4.69, 9.17) is 16.3 Å². The normalized spacial score (nSPS) is 10.5. The summed E-state index contributed by atoms with van der Waals surface area (Å²) in [4.78, 5) is 24.5. The van der Waals surface area contributed by atoms with Gasteiger partial charge in [0.2, 0.25) is 0 Å². The number of halogens is 1. The number of carbonyl (C=O) groups is 2. The van der Waals surface area contributed by atoms with Crippen molar-refractivity contribution in [3.05, 3.63) is 64.2 Å². The van der Waals surface area contributed by atoms with Gasteiger partial charge in [0.25, 0.3) is 11.8 Å². The van der Waals surface area contributed by atoms with Gasteiger partial charge in [0.15, 0.2) is 0 Å². The first-order valence-corrected chi connectivity index (χ1v) is 10.1. The van der Waals surface area contributed by atoms with Gasteiger partial charge in [0.1, 0.15) is 0 Å². The van der Waals surface area contributed by atoms with Crippen LogP contribution in [0.2, 0.25) is 5.02 Å². The number of rotatable bonds is 9. The zero-order valence-corrected chi connectivity index (χ0v) is 17.0. The van der Waals surface area contributed by atoms with Crippen LogP contribution >= 0.6 is 23.4 Å². The van der Waals surface area contributed by atoms with E-state index in [-0.39, 0.29) is 16.8 Å². The molecule has 27 heavy (non-hydrogen) atoms. The van der Waals surface area contributed by atoms with Crippen LogP contribution in [-0.2, 0) is 10.5 Å². The summed E-state index contributed by atoms with van der Waals surface area (Å²) in [7, 11) is 1.56. The molecule has 2 rings (SSSR count). The number of carbonyl (C=O) groups excluding carboxylic acids is 2. The molecule has 0 heterocycles. The van der Waals surface area contributed by atoms with E-state index < -0.39 is 0 Å². The molecule has 0 saturated carbocycles. The predicted molar refractivity (Wildman–Crippen MR) is 112 cm³/mol. The van der Waals surface area contributed by atoms with E-state index >= 15 is 0 Å². The molecule has 144 valence electrons. The molecule has 0 fully saturated rings. The third-order valence-electron chi connectivity index (χ3n) is 3.75. The third kappa shape index (κ3) is 6.57. The van der Waals surface area contributed by atoms with Crippen LogP contribution in [0.5, 0.6) is 0 Å². The summed E-state index contributed by atoms with van der Waals surface area (Å²) in [5.74, 6) is 1.49. The highest BCUT2D eigenvalue weighted by molar-refractivity contribution is 7.98. The number of anilines is 1. The van der Waals surface area contributed by atoms with Crippen molar-refractivity contribution in [1.82, 2.24) is 5.32 Å². The monoisotopic (exact) mass is 406 g/mol. The van der Waals surface area contributed by atoms with Gasteiger partial charge in [-0.25, -0.2) is 0 Å². The number of benzene rings is 2. The number of methoxy groups -OCH3 is 1. The zero-order chi connectivity index (χ0) is 19.6. The molecular formula is C20H23ClN2O3S. The molecule has 0 saturated heterocycles. The highest BCUT2D eigenvalue weighted by Gasteiger charge is 2.12.